The number of esters is 1. The van der Waals surface area contributed by atoms with Gasteiger partial charge < -0.3 is 14.6 Å². The molecule has 1 saturated heterocycles. The van der Waals surface area contributed by atoms with Gasteiger partial charge in [-0.25, -0.2) is 9.59 Å². The molecular weight excluding hydrogens is 424 g/mol. The highest BCUT2D eigenvalue weighted by molar-refractivity contribution is 7.80. The highest BCUT2D eigenvalue weighted by Crippen LogP contribution is 2.23. The Labute approximate surface area is 181 Å². The molecule has 2 aromatic rings. The Kier molecular flexibility index (Phi) is 6.41. The molecule has 31 heavy (non-hydrogen) atoms. The fraction of sp³-hybridized carbons (Fsp3) is 0.0952. The van der Waals surface area contributed by atoms with Crippen molar-refractivity contribution in [2.45, 2.75) is 0 Å². The molecule has 0 aromatic heterocycles. The van der Waals surface area contributed by atoms with E-state index in [2.05, 4.69) is 10.1 Å². The number of aromatic carboxylic acids is 1. The Bertz CT molecular complexity index is 1110. The first kappa shape index (κ1) is 21.7. The highest BCUT2D eigenvalue weighted by Gasteiger charge is 2.34. The van der Waals surface area contributed by atoms with Crippen LogP contribution in [0.5, 0.6) is 5.75 Å². The molecule has 1 fully saturated rings. The topological polar surface area (TPSA) is 122 Å². The molecule has 1 heterocycles. The van der Waals surface area contributed by atoms with Gasteiger partial charge >= 0.3 is 11.9 Å². The van der Waals surface area contributed by atoms with Gasteiger partial charge in [0.2, 0.25) is 0 Å². The van der Waals surface area contributed by atoms with Crippen LogP contribution in [-0.4, -0.2) is 47.7 Å². The maximum atomic E-state index is 13.0. The van der Waals surface area contributed by atoms with Gasteiger partial charge in [0.25, 0.3) is 11.8 Å². The molecular formula is C21H16N2O7S. The number of carboxylic acid groups (broad SMARTS) is 1. The van der Waals surface area contributed by atoms with E-state index in [-0.39, 0.29) is 28.5 Å². The lowest BCUT2D eigenvalue weighted by Gasteiger charge is -2.29. The van der Waals surface area contributed by atoms with Gasteiger partial charge in [-0.2, -0.15) is 0 Å². The molecule has 0 atom stereocenters. The smallest absolute Gasteiger partial charge is 0.343 e. The first-order chi connectivity index (χ1) is 14.8. The van der Waals surface area contributed by atoms with E-state index < -0.39 is 23.8 Å². The molecule has 0 radical (unpaired) electrons. The van der Waals surface area contributed by atoms with E-state index in [1.165, 1.54) is 37.5 Å². The molecule has 3 rings (SSSR count). The lowest BCUT2D eigenvalue weighted by molar-refractivity contribution is -0.143. The number of carboxylic acids is 1. The van der Waals surface area contributed by atoms with Crippen molar-refractivity contribution in [1.82, 2.24) is 5.32 Å². The number of anilines is 1. The number of nitrogens with one attached hydrogen (secondary N) is 1. The Morgan fingerprint density at radius 3 is 2.52 bits per heavy atom. The van der Waals surface area contributed by atoms with Gasteiger partial charge in [-0.3, -0.25) is 19.8 Å². The fourth-order valence-electron chi connectivity index (χ4n) is 2.70. The van der Waals surface area contributed by atoms with Crippen molar-refractivity contribution in [2.75, 3.05) is 18.6 Å². The van der Waals surface area contributed by atoms with Gasteiger partial charge in [-0.15, -0.1) is 0 Å². The molecule has 158 valence electrons. The molecule has 1 aliphatic rings. The minimum atomic E-state index is -1.16. The summed E-state index contributed by atoms with van der Waals surface area (Å²) in [5, 5.41) is 11.5. The van der Waals surface area contributed by atoms with E-state index in [0.717, 1.165) is 4.90 Å². The van der Waals surface area contributed by atoms with Crippen LogP contribution in [0.3, 0.4) is 0 Å². The van der Waals surface area contributed by atoms with Crippen molar-refractivity contribution in [3.8, 4) is 5.75 Å². The number of methoxy groups -OCH3 is 1. The number of carbonyl (C=O) groups is 4. The summed E-state index contributed by atoms with van der Waals surface area (Å²) in [6.45, 7) is -0.250. The number of thiocarbonyl (C=S) groups is 1. The number of amides is 2. The highest BCUT2D eigenvalue weighted by atomic mass is 32.1. The Morgan fingerprint density at radius 2 is 1.87 bits per heavy atom. The summed E-state index contributed by atoms with van der Waals surface area (Å²) in [7, 11) is 1.25. The predicted octanol–water partition coefficient (Wildman–Crippen LogP) is 1.77. The molecule has 0 unspecified atom stereocenters. The Hall–Kier alpha value is -4.05. The minimum absolute atomic E-state index is 0.0296. The third kappa shape index (κ3) is 4.93. The molecule has 0 saturated carbocycles. The molecule has 2 amide bonds. The van der Waals surface area contributed by atoms with Gasteiger partial charge in [-0.05, 0) is 54.2 Å². The fourth-order valence-corrected chi connectivity index (χ4v) is 2.98. The summed E-state index contributed by atoms with van der Waals surface area (Å²) in [4.78, 5) is 48.8. The van der Waals surface area contributed by atoms with Crippen LogP contribution in [0.4, 0.5) is 5.69 Å². The molecule has 0 bridgehead atoms. The third-order valence-electron chi connectivity index (χ3n) is 4.23. The van der Waals surface area contributed by atoms with E-state index >= 15 is 0 Å². The van der Waals surface area contributed by atoms with Gasteiger partial charge in [-0.1, -0.05) is 18.2 Å². The van der Waals surface area contributed by atoms with Crippen LogP contribution >= 0.6 is 12.2 Å². The van der Waals surface area contributed by atoms with E-state index in [0.29, 0.717) is 11.3 Å². The zero-order valence-corrected chi connectivity index (χ0v) is 17.0. The van der Waals surface area contributed by atoms with E-state index in [9.17, 15) is 24.3 Å². The standard InChI is InChI=1S/C21H16N2O7S/c1-29-17(24)11-30-15-7-5-12(6-8-15)9-16-18(25)22-21(31)23(19(16)26)14-4-2-3-13(10-14)20(27)28/h2-10H,11H2,1H3,(H,27,28)(H,22,25,31). The van der Waals surface area contributed by atoms with Gasteiger partial charge in [0.1, 0.15) is 11.3 Å². The summed E-state index contributed by atoms with van der Waals surface area (Å²) in [5.41, 5.74) is 0.527. The van der Waals surface area contributed by atoms with E-state index in [1.807, 2.05) is 0 Å². The van der Waals surface area contributed by atoms with Crippen molar-refractivity contribution in [1.29, 1.82) is 0 Å². The first-order valence-electron chi connectivity index (χ1n) is 8.84. The van der Waals surface area contributed by atoms with Crippen molar-refractivity contribution in [3.63, 3.8) is 0 Å². The number of hydrogen-bond acceptors (Lipinski definition) is 7. The zero-order chi connectivity index (χ0) is 22.5. The van der Waals surface area contributed by atoms with Crippen LogP contribution in [0, 0.1) is 0 Å². The van der Waals surface area contributed by atoms with Gasteiger partial charge in [0.05, 0.1) is 18.4 Å². The van der Waals surface area contributed by atoms with E-state index in [4.69, 9.17) is 17.0 Å². The summed E-state index contributed by atoms with van der Waals surface area (Å²) >= 11 is 5.11. The van der Waals surface area contributed by atoms with Crippen LogP contribution in [0.1, 0.15) is 15.9 Å². The summed E-state index contributed by atoms with van der Waals surface area (Å²) in [5.74, 6) is -2.65. The lowest BCUT2D eigenvalue weighted by atomic mass is 10.1. The number of rotatable bonds is 6. The van der Waals surface area contributed by atoms with Gasteiger partial charge in [0, 0.05) is 0 Å². The van der Waals surface area contributed by atoms with Crippen LogP contribution < -0.4 is 15.0 Å². The summed E-state index contributed by atoms with van der Waals surface area (Å²) < 4.78 is 9.74. The largest absolute Gasteiger partial charge is 0.482 e. The van der Waals surface area contributed by atoms with Crippen LogP contribution in [0.2, 0.25) is 0 Å². The number of carbonyl (C=O) groups excluding carboxylic acids is 3. The van der Waals surface area contributed by atoms with Crippen molar-refractivity contribution in [3.05, 3.63) is 65.2 Å². The Morgan fingerprint density at radius 1 is 1.16 bits per heavy atom. The number of nitrogens with zero attached hydrogens (tertiary/aromatic N) is 1. The molecule has 10 heteroatoms. The SMILES string of the molecule is COC(=O)COc1ccc(C=C2C(=O)NC(=S)N(c3cccc(C(=O)O)c3)C2=O)cc1. The second kappa shape index (κ2) is 9.18. The first-order valence-corrected chi connectivity index (χ1v) is 9.25. The Balaban J connectivity index is 1.86. The zero-order valence-electron chi connectivity index (χ0n) is 16.2. The maximum absolute atomic E-state index is 13.0. The second-order valence-electron chi connectivity index (χ2n) is 6.25. The molecule has 1 aliphatic heterocycles. The molecule has 0 aliphatic carbocycles. The summed E-state index contributed by atoms with van der Waals surface area (Å²) in [6, 6.07) is 12.0. The quantitative estimate of drug-likeness (QED) is 0.302. The third-order valence-corrected chi connectivity index (χ3v) is 4.51. The second-order valence-corrected chi connectivity index (χ2v) is 6.63. The van der Waals surface area contributed by atoms with Crippen molar-refractivity contribution < 1.29 is 33.8 Å². The van der Waals surface area contributed by atoms with Crippen molar-refractivity contribution >= 4 is 52.8 Å². The average Bonchev–Trinajstić information content (AvgIpc) is 2.75. The molecule has 2 N–H and O–H groups in total. The minimum Gasteiger partial charge on any atom is -0.482 e. The summed E-state index contributed by atoms with van der Waals surface area (Å²) in [6.07, 6.45) is 1.37. The normalized spacial score (nSPS) is 14.9. The van der Waals surface area contributed by atoms with Crippen LogP contribution in [-0.2, 0) is 19.1 Å². The van der Waals surface area contributed by atoms with Gasteiger partial charge in [0.15, 0.2) is 11.7 Å². The van der Waals surface area contributed by atoms with Crippen LogP contribution in [0.15, 0.2) is 54.1 Å². The average molecular weight is 440 g/mol. The predicted molar refractivity (Wildman–Crippen MR) is 114 cm³/mol. The maximum Gasteiger partial charge on any atom is 0.343 e. The van der Waals surface area contributed by atoms with Crippen molar-refractivity contribution in [2.24, 2.45) is 0 Å². The molecule has 9 nitrogen and oxygen atoms in total. The van der Waals surface area contributed by atoms with E-state index in [1.54, 1.807) is 24.3 Å². The lowest BCUT2D eigenvalue weighted by Crippen LogP contribution is -2.54. The molecule has 0 spiro atoms. The number of benzene rings is 2. The van der Waals surface area contributed by atoms with Crippen LogP contribution in [0.25, 0.3) is 6.08 Å². The molecule has 2 aromatic carbocycles. The number of hydrogen-bond donors (Lipinski definition) is 2. The number of ether oxygens (including phenoxy) is 2. The monoisotopic (exact) mass is 440 g/mol.